The first-order chi connectivity index (χ1) is 9.31. The molecule has 0 atom stereocenters. The van der Waals surface area contributed by atoms with Crippen molar-refractivity contribution in [2.75, 3.05) is 0 Å². The predicted octanol–water partition coefficient (Wildman–Crippen LogP) is 4.13. The largest absolute Gasteiger partial charge is 0.341 e. The van der Waals surface area contributed by atoms with Crippen molar-refractivity contribution in [3.8, 4) is 0 Å². The summed E-state index contributed by atoms with van der Waals surface area (Å²) in [6.07, 6.45) is 3.96. The Bertz CT molecular complexity index is 723. The smallest absolute Gasteiger partial charge is 0.152 e. The Morgan fingerprint density at radius 1 is 1.16 bits per heavy atom. The summed E-state index contributed by atoms with van der Waals surface area (Å²) < 4.78 is 2.16. The fourth-order valence-corrected chi connectivity index (χ4v) is 3.32. The van der Waals surface area contributed by atoms with Gasteiger partial charge in [0.1, 0.15) is 0 Å². The molecule has 19 heavy (non-hydrogen) atoms. The zero-order valence-corrected chi connectivity index (χ0v) is 11.6. The first-order valence-electron chi connectivity index (χ1n) is 6.42. The summed E-state index contributed by atoms with van der Waals surface area (Å²) in [6, 6.07) is 12.4. The molecule has 0 unspecified atom stereocenters. The second-order valence-electron chi connectivity index (χ2n) is 4.57. The summed E-state index contributed by atoms with van der Waals surface area (Å²) in [5, 5.41) is 1.03. The molecule has 2 aromatic heterocycles. The molecule has 0 amide bonds. The van der Waals surface area contributed by atoms with Crippen molar-refractivity contribution in [3.63, 3.8) is 0 Å². The van der Waals surface area contributed by atoms with Gasteiger partial charge in [0, 0.05) is 32.4 Å². The highest BCUT2D eigenvalue weighted by Crippen LogP contribution is 2.23. The van der Waals surface area contributed by atoms with Gasteiger partial charge in [-0.15, -0.1) is 11.3 Å². The van der Waals surface area contributed by atoms with E-state index in [1.54, 1.807) is 0 Å². The van der Waals surface area contributed by atoms with Crippen LogP contribution in [-0.4, -0.2) is 10.9 Å². The second-order valence-corrected chi connectivity index (χ2v) is 5.82. The first kappa shape index (κ1) is 12.2. The molecule has 2 nitrogen and oxygen atoms in total. The standard InChI is InChI=1S/C16H15NOS/c1-2-13-7-8-14(19-13)10-17-9-12(11-18)15-5-3-4-6-16(15)17/h3-9,11H,2,10H2,1H3. The van der Waals surface area contributed by atoms with Crippen LogP contribution in [0.4, 0.5) is 0 Å². The quantitative estimate of drug-likeness (QED) is 0.653. The van der Waals surface area contributed by atoms with Crippen LogP contribution in [0, 0.1) is 0 Å². The fraction of sp³-hybridized carbons (Fsp3) is 0.188. The molecule has 0 aliphatic rings. The van der Waals surface area contributed by atoms with Crippen molar-refractivity contribution in [2.45, 2.75) is 19.9 Å². The van der Waals surface area contributed by atoms with E-state index in [1.807, 2.05) is 35.7 Å². The summed E-state index contributed by atoms with van der Waals surface area (Å²) in [5.41, 5.74) is 1.89. The number of carbonyl (C=O) groups is 1. The lowest BCUT2D eigenvalue weighted by molar-refractivity contribution is 0.112. The number of aldehydes is 1. The van der Waals surface area contributed by atoms with E-state index < -0.39 is 0 Å². The molecule has 3 rings (SSSR count). The van der Waals surface area contributed by atoms with Crippen LogP contribution in [0.15, 0.2) is 42.6 Å². The van der Waals surface area contributed by atoms with Crippen LogP contribution >= 0.6 is 11.3 Å². The minimum absolute atomic E-state index is 0.767. The van der Waals surface area contributed by atoms with E-state index in [-0.39, 0.29) is 0 Å². The molecular formula is C16H15NOS. The molecule has 0 fully saturated rings. The fourth-order valence-electron chi connectivity index (χ4n) is 2.37. The summed E-state index contributed by atoms with van der Waals surface area (Å²) in [5.74, 6) is 0. The van der Waals surface area contributed by atoms with Crippen molar-refractivity contribution >= 4 is 28.5 Å². The van der Waals surface area contributed by atoms with Crippen LogP contribution < -0.4 is 0 Å². The lowest BCUT2D eigenvalue weighted by Gasteiger charge is -2.02. The van der Waals surface area contributed by atoms with Gasteiger partial charge < -0.3 is 4.57 Å². The minimum atomic E-state index is 0.767. The maximum absolute atomic E-state index is 11.1. The molecule has 0 aliphatic heterocycles. The monoisotopic (exact) mass is 269 g/mol. The van der Waals surface area contributed by atoms with Gasteiger partial charge in [-0.05, 0) is 24.6 Å². The Kier molecular flexibility index (Phi) is 3.22. The van der Waals surface area contributed by atoms with E-state index in [9.17, 15) is 4.79 Å². The van der Waals surface area contributed by atoms with Crippen molar-refractivity contribution in [3.05, 3.63) is 57.9 Å². The highest BCUT2D eigenvalue weighted by molar-refractivity contribution is 7.11. The highest BCUT2D eigenvalue weighted by Gasteiger charge is 2.08. The lowest BCUT2D eigenvalue weighted by atomic mass is 10.2. The molecule has 0 N–H and O–H groups in total. The van der Waals surface area contributed by atoms with Crippen molar-refractivity contribution in [1.82, 2.24) is 4.57 Å². The molecule has 2 heterocycles. The Hall–Kier alpha value is -1.87. The zero-order valence-electron chi connectivity index (χ0n) is 10.8. The van der Waals surface area contributed by atoms with Crippen LogP contribution in [0.3, 0.4) is 0 Å². The average Bonchev–Trinajstić information content (AvgIpc) is 3.04. The molecule has 0 saturated carbocycles. The maximum Gasteiger partial charge on any atom is 0.152 e. The number of hydrogen-bond acceptors (Lipinski definition) is 2. The van der Waals surface area contributed by atoms with E-state index in [2.05, 4.69) is 29.7 Å². The molecular weight excluding hydrogens is 254 g/mol. The normalized spacial score (nSPS) is 11.0. The van der Waals surface area contributed by atoms with E-state index in [1.165, 1.54) is 9.75 Å². The van der Waals surface area contributed by atoms with Crippen LogP contribution in [0.1, 0.15) is 27.0 Å². The van der Waals surface area contributed by atoms with Gasteiger partial charge in [-0.1, -0.05) is 25.1 Å². The van der Waals surface area contributed by atoms with Gasteiger partial charge in [-0.2, -0.15) is 0 Å². The number of aryl methyl sites for hydroxylation is 1. The van der Waals surface area contributed by atoms with Crippen LogP contribution in [0.25, 0.3) is 10.9 Å². The van der Waals surface area contributed by atoms with Gasteiger partial charge in [0.05, 0.1) is 6.54 Å². The molecule has 3 aromatic rings. The number of fused-ring (bicyclic) bond motifs is 1. The Morgan fingerprint density at radius 2 is 1.95 bits per heavy atom. The van der Waals surface area contributed by atoms with E-state index in [0.717, 1.165) is 35.7 Å². The van der Waals surface area contributed by atoms with Crippen molar-refractivity contribution < 1.29 is 4.79 Å². The Balaban J connectivity index is 2.02. The minimum Gasteiger partial charge on any atom is -0.341 e. The van der Waals surface area contributed by atoms with Crippen molar-refractivity contribution in [2.24, 2.45) is 0 Å². The highest BCUT2D eigenvalue weighted by atomic mass is 32.1. The molecule has 0 spiro atoms. The number of para-hydroxylation sites is 1. The van der Waals surface area contributed by atoms with Crippen molar-refractivity contribution in [1.29, 1.82) is 0 Å². The van der Waals surface area contributed by atoms with Gasteiger partial charge in [0.2, 0.25) is 0 Å². The number of carbonyl (C=O) groups excluding carboxylic acids is 1. The second kappa shape index (κ2) is 5.02. The van der Waals surface area contributed by atoms with Crippen LogP contribution in [0.2, 0.25) is 0 Å². The molecule has 0 bridgehead atoms. The van der Waals surface area contributed by atoms with Gasteiger partial charge >= 0.3 is 0 Å². The number of nitrogens with zero attached hydrogens (tertiary/aromatic N) is 1. The molecule has 1 aromatic carbocycles. The number of thiophene rings is 1. The zero-order chi connectivity index (χ0) is 13.2. The molecule has 96 valence electrons. The average molecular weight is 269 g/mol. The predicted molar refractivity (Wildman–Crippen MR) is 80.1 cm³/mol. The lowest BCUT2D eigenvalue weighted by Crippen LogP contribution is -1.95. The molecule has 3 heteroatoms. The van der Waals surface area contributed by atoms with Crippen LogP contribution in [0.5, 0.6) is 0 Å². The topological polar surface area (TPSA) is 22.0 Å². The Labute approximate surface area is 116 Å². The molecule has 0 aliphatic carbocycles. The summed E-state index contributed by atoms with van der Waals surface area (Å²) in [7, 11) is 0. The summed E-state index contributed by atoms with van der Waals surface area (Å²) >= 11 is 1.84. The maximum atomic E-state index is 11.1. The first-order valence-corrected chi connectivity index (χ1v) is 7.24. The number of hydrogen-bond donors (Lipinski definition) is 0. The number of benzene rings is 1. The van der Waals surface area contributed by atoms with E-state index in [4.69, 9.17) is 0 Å². The Morgan fingerprint density at radius 3 is 2.68 bits per heavy atom. The SMILES string of the molecule is CCc1ccc(Cn2cc(C=O)c3ccccc32)s1. The molecule has 0 saturated heterocycles. The summed E-state index contributed by atoms with van der Waals surface area (Å²) in [4.78, 5) is 13.9. The number of rotatable bonds is 4. The van der Waals surface area contributed by atoms with E-state index >= 15 is 0 Å². The van der Waals surface area contributed by atoms with Crippen LogP contribution in [-0.2, 0) is 13.0 Å². The third-order valence-electron chi connectivity index (χ3n) is 3.34. The van der Waals surface area contributed by atoms with Gasteiger partial charge in [-0.25, -0.2) is 0 Å². The third-order valence-corrected chi connectivity index (χ3v) is 4.55. The number of aromatic nitrogens is 1. The van der Waals surface area contributed by atoms with Gasteiger partial charge in [0.25, 0.3) is 0 Å². The van der Waals surface area contributed by atoms with E-state index in [0.29, 0.717) is 0 Å². The third kappa shape index (κ3) is 2.22. The molecule has 0 radical (unpaired) electrons. The van der Waals surface area contributed by atoms with Gasteiger partial charge in [0.15, 0.2) is 6.29 Å². The summed E-state index contributed by atoms with van der Waals surface area (Å²) in [6.45, 7) is 3.00. The van der Waals surface area contributed by atoms with Gasteiger partial charge in [-0.3, -0.25) is 4.79 Å².